The number of likely N-dealkylation sites (tertiary alicyclic amines) is 1. The highest BCUT2D eigenvalue weighted by molar-refractivity contribution is 7.91. The average molecular weight is 865 g/mol. The number of hydrogen-bond acceptors (Lipinski definition) is 9. The first kappa shape index (κ1) is 46.5. The van der Waals surface area contributed by atoms with Crippen LogP contribution >= 0.6 is 11.6 Å². The van der Waals surface area contributed by atoms with Gasteiger partial charge in [-0.1, -0.05) is 67.9 Å². The van der Waals surface area contributed by atoms with Crippen molar-refractivity contribution in [3.05, 3.63) is 100 Å². The number of carbonyl (C=O) groups is 5. The number of alkyl carbamates (subject to hydrolysis) is 1. The summed E-state index contributed by atoms with van der Waals surface area (Å²) < 4.78 is 79.0. The van der Waals surface area contributed by atoms with E-state index in [1.807, 2.05) is 0 Å². The molecule has 1 fully saturated rings. The monoisotopic (exact) mass is 864 g/mol. The summed E-state index contributed by atoms with van der Waals surface area (Å²) in [6.45, 7) is 7.32. The van der Waals surface area contributed by atoms with Crippen LogP contribution in [0.5, 0.6) is 5.75 Å². The van der Waals surface area contributed by atoms with Crippen molar-refractivity contribution in [2.75, 3.05) is 13.7 Å². The smallest absolute Gasteiger partial charge is 0.452 e. The van der Waals surface area contributed by atoms with E-state index in [1.54, 1.807) is 57.2 Å². The van der Waals surface area contributed by atoms with E-state index >= 15 is 0 Å². The van der Waals surface area contributed by atoms with Crippen LogP contribution in [0.4, 0.5) is 18.0 Å². The van der Waals surface area contributed by atoms with Crippen molar-refractivity contribution >= 4 is 51.0 Å². The highest BCUT2D eigenvalue weighted by atomic mass is 35.5. The molecule has 0 aliphatic carbocycles. The van der Waals surface area contributed by atoms with Crippen LogP contribution < -0.4 is 20.7 Å². The van der Waals surface area contributed by atoms with Gasteiger partial charge in [0.05, 0.1) is 24.2 Å². The molecule has 13 nitrogen and oxygen atoms in total. The van der Waals surface area contributed by atoms with Crippen LogP contribution in [0.15, 0.2) is 72.8 Å². The van der Waals surface area contributed by atoms with Crippen molar-refractivity contribution in [2.24, 2.45) is 5.92 Å². The Bertz CT molecular complexity index is 2110. The third-order valence-electron chi connectivity index (χ3n) is 9.40. The van der Waals surface area contributed by atoms with Crippen molar-refractivity contribution < 1.29 is 55.0 Å². The standard InChI is InChI=1S/C41H48ClF3N4O9S/c1-24(2)34(35(50)41(43,44)45)48-37(52)33-20-31(59(55,56)23-27-14-16-30(57-6)17-15-27)22-49(33)38(53)32(47-36(51)28-8-7-9-29(42)19-28)18-25-10-12-26(13-11-25)21-46-39(54)58-40(3,4)5/h7-17,19,24,31-34H,18,20-23H2,1-6H3,(H,46,54)(H,47,51)(H,48,52)/t31-,32+,33+,34?/m1/s1. The van der Waals surface area contributed by atoms with Gasteiger partial charge in [0.25, 0.3) is 11.7 Å². The minimum Gasteiger partial charge on any atom is -0.497 e. The largest absolute Gasteiger partial charge is 0.497 e. The Labute approximate surface area is 346 Å². The highest BCUT2D eigenvalue weighted by Crippen LogP contribution is 2.29. The molecule has 0 bridgehead atoms. The Balaban J connectivity index is 1.69. The van der Waals surface area contributed by atoms with Crippen molar-refractivity contribution in [3.8, 4) is 5.75 Å². The lowest BCUT2D eigenvalue weighted by molar-refractivity contribution is -0.175. The summed E-state index contributed by atoms with van der Waals surface area (Å²) >= 11 is 6.12. The average Bonchev–Trinajstić information content (AvgIpc) is 3.62. The number of sulfone groups is 1. The Morgan fingerprint density at radius 3 is 2.07 bits per heavy atom. The van der Waals surface area contributed by atoms with E-state index in [-0.39, 0.29) is 23.6 Å². The summed E-state index contributed by atoms with van der Waals surface area (Å²) in [7, 11) is -2.69. The molecule has 1 unspecified atom stereocenters. The van der Waals surface area contributed by atoms with Gasteiger partial charge in [-0.15, -0.1) is 0 Å². The van der Waals surface area contributed by atoms with E-state index < -0.39 is 99.2 Å². The van der Waals surface area contributed by atoms with Gasteiger partial charge in [0.2, 0.25) is 11.8 Å². The molecule has 3 N–H and O–H groups in total. The number of carbonyl (C=O) groups excluding carboxylic acids is 5. The molecule has 0 radical (unpaired) electrons. The molecule has 3 aromatic carbocycles. The molecule has 4 rings (SSSR count). The van der Waals surface area contributed by atoms with Gasteiger partial charge in [0.1, 0.15) is 23.4 Å². The van der Waals surface area contributed by atoms with Gasteiger partial charge in [-0.25, -0.2) is 13.2 Å². The van der Waals surface area contributed by atoms with Crippen LogP contribution in [0.25, 0.3) is 0 Å². The molecule has 1 heterocycles. The highest BCUT2D eigenvalue weighted by Gasteiger charge is 2.49. The van der Waals surface area contributed by atoms with E-state index in [0.29, 0.717) is 22.4 Å². The van der Waals surface area contributed by atoms with Crippen LogP contribution in [-0.2, 0) is 47.7 Å². The number of nitrogens with one attached hydrogen (secondary N) is 3. The predicted octanol–water partition coefficient (Wildman–Crippen LogP) is 5.57. The second kappa shape index (κ2) is 19.3. The first-order valence-electron chi connectivity index (χ1n) is 18.6. The molecular formula is C41H48ClF3N4O9S. The maximum absolute atomic E-state index is 14.7. The van der Waals surface area contributed by atoms with Crippen LogP contribution in [0.1, 0.15) is 68.1 Å². The molecule has 59 heavy (non-hydrogen) atoms. The Hall–Kier alpha value is -5.16. The summed E-state index contributed by atoms with van der Waals surface area (Å²) in [4.78, 5) is 67.6. The van der Waals surface area contributed by atoms with Crippen LogP contribution in [0.2, 0.25) is 5.02 Å². The molecule has 4 amide bonds. The van der Waals surface area contributed by atoms with Crippen LogP contribution in [0, 0.1) is 5.92 Å². The predicted molar refractivity (Wildman–Crippen MR) is 213 cm³/mol. The maximum atomic E-state index is 14.7. The van der Waals surface area contributed by atoms with Gasteiger partial charge < -0.3 is 30.3 Å². The lowest BCUT2D eigenvalue weighted by atomic mass is 9.98. The summed E-state index contributed by atoms with van der Waals surface area (Å²) in [6.07, 6.45) is -6.61. The third kappa shape index (κ3) is 13.2. The SMILES string of the molecule is COc1ccc(CS(=O)(=O)[C@@H]2C[C@@H](C(=O)NC(C(=O)C(F)(F)F)C(C)C)N(C(=O)[C@H](Cc3ccc(CNC(=O)OC(C)(C)C)cc3)NC(=O)c3cccc(Cl)c3)C2)cc1. The van der Waals surface area contributed by atoms with Crippen molar-refractivity contribution in [2.45, 2.75) is 94.9 Å². The molecule has 0 spiro atoms. The zero-order valence-corrected chi connectivity index (χ0v) is 35.0. The van der Waals surface area contributed by atoms with E-state index in [0.717, 1.165) is 4.90 Å². The van der Waals surface area contributed by atoms with Gasteiger partial charge in [0.15, 0.2) is 9.84 Å². The molecule has 0 saturated carbocycles. The molecule has 18 heteroatoms. The van der Waals surface area contributed by atoms with E-state index in [9.17, 15) is 45.6 Å². The quantitative estimate of drug-likeness (QED) is 0.176. The van der Waals surface area contributed by atoms with E-state index in [4.69, 9.17) is 21.1 Å². The van der Waals surface area contributed by atoms with Gasteiger partial charge in [-0.3, -0.25) is 19.2 Å². The summed E-state index contributed by atoms with van der Waals surface area (Å²) in [5.74, 6) is -6.06. The topological polar surface area (TPSA) is 177 Å². The van der Waals surface area contributed by atoms with Gasteiger partial charge in [-0.2, -0.15) is 13.2 Å². The number of ketones is 1. The van der Waals surface area contributed by atoms with E-state index in [2.05, 4.69) is 16.0 Å². The molecule has 3 aromatic rings. The summed E-state index contributed by atoms with van der Waals surface area (Å²) in [5.41, 5.74) is 0.927. The summed E-state index contributed by atoms with van der Waals surface area (Å²) in [5, 5.41) is 6.31. The number of rotatable bonds is 15. The first-order chi connectivity index (χ1) is 27.5. The fraction of sp³-hybridized carbons (Fsp3) is 0.439. The molecule has 0 aromatic heterocycles. The fourth-order valence-electron chi connectivity index (χ4n) is 6.37. The minimum absolute atomic E-state index is 0.0833. The second-order valence-corrected chi connectivity index (χ2v) is 18.2. The van der Waals surface area contributed by atoms with Gasteiger partial charge in [-0.05, 0) is 80.1 Å². The van der Waals surface area contributed by atoms with E-state index in [1.165, 1.54) is 57.4 Å². The number of nitrogens with zero attached hydrogens (tertiary/aromatic N) is 1. The zero-order chi connectivity index (χ0) is 43.9. The minimum atomic E-state index is -5.30. The number of amides is 4. The van der Waals surface area contributed by atoms with Crippen molar-refractivity contribution in [3.63, 3.8) is 0 Å². The van der Waals surface area contributed by atoms with Crippen LogP contribution in [-0.4, -0.2) is 91.7 Å². The van der Waals surface area contributed by atoms with Gasteiger partial charge in [0, 0.05) is 30.1 Å². The molecule has 1 aliphatic rings. The number of halogens is 4. The zero-order valence-electron chi connectivity index (χ0n) is 33.4. The molecule has 1 aliphatic heterocycles. The van der Waals surface area contributed by atoms with Gasteiger partial charge >= 0.3 is 12.3 Å². The van der Waals surface area contributed by atoms with Crippen molar-refractivity contribution in [1.82, 2.24) is 20.9 Å². The number of benzene rings is 3. The third-order valence-corrected chi connectivity index (χ3v) is 11.7. The Kier molecular flexibility index (Phi) is 15.2. The van der Waals surface area contributed by atoms with Crippen molar-refractivity contribution in [1.29, 1.82) is 0 Å². The molecule has 4 atom stereocenters. The number of ether oxygens (including phenoxy) is 2. The Morgan fingerprint density at radius 1 is 0.898 bits per heavy atom. The number of hydrogen-bond donors (Lipinski definition) is 3. The molecular weight excluding hydrogens is 817 g/mol. The fourth-order valence-corrected chi connectivity index (χ4v) is 8.32. The summed E-state index contributed by atoms with van der Waals surface area (Å²) in [6, 6.07) is 13.6. The van der Waals surface area contributed by atoms with Crippen LogP contribution in [0.3, 0.4) is 0 Å². The second-order valence-electron chi connectivity index (χ2n) is 15.5. The first-order valence-corrected chi connectivity index (χ1v) is 20.7. The molecule has 1 saturated heterocycles. The lowest BCUT2D eigenvalue weighted by Crippen LogP contribution is -2.57. The lowest BCUT2D eigenvalue weighted by Gasteiger charge is -2.30. The number of alkyl halides is 3. The Morgan fingerprint density at radius 2 is 1.51 bits per heavy atom. The normalized spacial score (nSPS) is 16.8. The number of methoxy groups -OCH3 is 1. The molecule has 320 valence electrons. The number of Topliss-reactive ketones (excluding diaryl/α,β-unsaturated/α-hetero) is 1. The maximum Gasteiger partial charge on any atom is 0.452 e.